The van der Waals surface area contributed by atoms with Gasteiger partial charge in [0.2, 0.25) is 0 Å². The summed E-state index contributed by atoms with van der Waals surface area (Å²) in [7, 11) is 0. The quantitative estimate of drug-likeness (QED) is 0.380. The van der Waals surface area contributed by atoms with E-state index in [9.17, 15) is 13.2 Å². The van der Waals surface area contributed by atoms with Gasteiger partial charge < -0.3 is 15.8 Å². The second kappa shape index (κ2) is 5.60. The van der Waals surface area contributed by atoms with Crippen molar-refractivity contribution in [3.63, 3.8) is 0 Å². The van der Waals surface area contributed by atoms with Crippen LogP contribution < -0.4 is 10.6 Å². The van der Waals surface area contributed by atoms with Gasteiger partial charge in [0, 0.05) is 24.3 Å². The third-order valence-electron chi connectivity index (χ3n) is 3.51. The predicted molar refractivity (Wildman–Crippen MR) is 69.9 cm³/mol. The Morgan fingerprint density at radius 3 is 2.70 bits per heavy atom. The van der Waals surface area contributed by atoms with Gasteiger partial charge in [-0.05, 0) is 25.0 Å². The van der Waals surface area contributed by atoms with Crippen LogP contribution in [0.25, 0.3) is 0 Å². The molecule has 1 unspecified atom stereocenters. The third kappa shape index (κ3) is 2.97. The minimum Gasteiger partial charge on any atom is -0.409 e. The lowest BCUT2D eigenvalue weighted by atomic mass is 9.96. The van der Waals surface area contributed by atoms with Crippen molar-refractivity contribution in [3.8, 4) is 0 Å². The van der Waals surface area contributed by atoms with E-state index in [1.807, 2.05) is 0 Å². The van der Waals surface area contributed by atoms with E-state index >= 15 is 0 Å². The van der Waals surface area contributed by atoms with Crippen molar-refractivity contribution in [1.82, 2.24) is 0 Å². The highest BCUT2D eigenvalue weighted by Crippen LogP contribution is 2.35. The van der Waals surface area contributed by atoms with Crippen molar-refractivity contribution in [2.75, 3.05) is 18.0 Å². The Bertz CT molecular complexity index is 502. The Hall–Kier alpha value is -1.92. The molecule has 1 saturated heterocycles. The summed E-state index contributed by atoms with van der Waals surface area (Å²) >= 11 is 0. The number of hydrogen-bond acceptors (Lipinski definition) is 3. The van der Waals surface area contributed by atoms with Gasteiger partial charge >= 0.3 is 6.18 Å². The minimum absolute atomic E-state index is 0.0980. The monoisotopic (exact) mass is 287 g/mol. The van der Waals surface area contributed by atoms with Gasteiger partial charge in [0.1, 0.15) is 0 Å². The third-order valence-corrected chi connectivity index (χ3v) is 3.51. The summed E-state index contributed by atoms with van der Waals surface area (Å²) in [6, 6.07) is 6.73. The molecule has 20 heavy (non-hydrogen) atoms. The fraction of sp³-hybridized carbons (Fsp3) is 0.462. The standard InChI is InChI=1S/C13H16F3N3O/c14-13(15,16)9-4-3-7-19(8-9)11-6-2-1-5-10(11)12(17)18-20/h1-2,5-6,9,20H,3-4,7-8H2,(H2,17,18). The van der Waals surface area contributed by atoms with Gasteiger partial charge in [0.05, 0.1) is 5.92 Å². The number of piperidine rings is 1. The molecule has 1 fully saturated rings. The minimum atomic E-state index is -4.19. The van der Waals surface area contributed by atoms with Crippen molar-refractivity contribution in [3.05, 3.63) is 29.8 Å². The van der Waals surface area contributed by atoms with Gasteiger partial charge in [-0.2, -0.15) is 13.2 Å². The first-order chi connectivity index (χ1) is 9.43. The maximum absolute atomic E-state index is 12.8. The number of para-hydroxylation sites is 1. The molecule has 0 saturated carbocycles. The maximum atomic E-state index is 12.8. The second-order valence-electron chi connectivity index (χ2n) is 4.83. The van der Waals surface area contributed by atoms with E-state index in [-0.39, 0.29) is 18.8 Å². The van der Waals surface area contributed by atoms with Gasteiger partial charge in [-0.15, -0.1) is 0 Å². The van der Waals surface area contributed by atoms with E-state index in [1.165, 1.54) is 0 Å². The molecule has 0 spiro atoms. The lowest BCUT2D eigenvalue weighted by Crippen LogP contribution is -2.42. The predicted octanol–water partition coefficient (Wildman–Crippen LogP) is 2.56. The number of nitrogens with zero attached hydrogens (tertiary/aromatic N) is 2. The van der Waals surface area contributed by atoms with Crippen LogP contribution in [-0.2, 0) is 0 Å². The van der Waals surface area contributed by atoms with E-state index in [0.717, 1.165) is 0 Å². The number of rotatable bonds is 2. The molecule has 1 aromatic carbocycles. The molecule has 1 heterocycles. The van der Waals surface area contributed by atoms with Crippen LogP contribution in [0.3, 0.4) is 0 Å². The Morgan fingerprint density at radius 2 is 2.05 bits per heavy atom. The van der Waals surface area contributed by atoms with Crippen molar-refractivity contribution in [2.24, 2.45) is 16.8 Å². The van der Waals surface area contributed by atoms with Gasteiger partial charge in [-0.25, -0.2) is 0 Å². The molecule has 3 N–H and O–H groups in total. The zero-order valence-corrected chi connectivity index (χ0v) is 10.8. The first-order valence-electron chi connectivity index (χ1n) is 6.32. The Labute approximate surface area is 114 Å². The molecule has 0 amide bonds. The first kappa shape index (κ1) is 14.5. The summed E-state index contributed by atoms with van der Waals surface area (Å²) in [6.45, 7) is 0.432. The second-order valence-corrected chi connectivity index (χ2v) is 4.83. The molecule has 1 aliphatic rings. The van der Waals surface area contributed by atoms with Crippen LogP contribution in [0.2, 0.25) is 0 Å². The largest absolute Gasteiger partial charge is 0.409 e. The molecule has 0 aliphatic carbocycles. The highest BCUT2D eigenvalue weighted by atomic mass is 19.4. The summed E-state index contributed by atoms with van der Waals surface area (Å²) in [5.41, 5.74) is 6.58. The summed E-state index contributed by atoms with van der Waals surface area (Å²) in [5.74, 6) is -1.44. The molecule has 1 aliphatic heterocycles. The molecular formula is C13H16F3N3O. The molecular weight excluding hydrogens is 271 g/mol. The van der Waals surface area contributed by atoms with Gasteiger partial charge in [0.15, 0.2) is 5.84 Å². The molecule has 0 aromatic heterocycles. The SMILES string of the molecule is NC(=NO)c1ccccc1N1CCCC(C(F)(F)F)C1. The number of nitrogens with two attached hydrogens (primary N) is 1. The number of hydrogen-bond donors (Lipinski definition) is 2. The van der Waals surface area contributed by atoms with E-state index in [1.54, 1.807) is 29.2 Å². The van der Waals surface area contributed by atoms with Crippen molar-refractivity contribution < 1.29 is 18.4 Å². The van der Waals surface area contributed by atoms with Crippen LogP contribution in [0, 0.1) is 5.92 Å². The highest BCUT2D eigenvalue weighted by Gasteiger charge is 2.42. The van der Waals surface area contributed by atoms with Crippen LogP contribution in [0.15, 0.2) is 29.4 Å². The summed E-state index contributed by atoms with van der Waals surface area (Å²) < 4.78 is 38.5. The zero-order chi connectivity index (χ0) is 14.8. The molecule has 0 bridgehead atoms. The van der Waals surface area contributed by atoms with Crippen molar-refractivity contribution >= 4 is 11.5 Å². The van der Waals surface area contributed by atoms with E-state index in [4.69, 9.17) is 10.9 Å². The van der Waals surface area contributed by atoms with Crippen molar-refractivity contribution in [1.29, 1.82) is 0 Å². The van der Waals surface area contributed by atoms with Gasteiger partial charge in [-0.1, -0.05) is 17.3 Å². The average molecular weight is 287 g/mol. The molecule has 7 heteroatoms. The van der Waals surface area contributed by atoms with Crippen LogP contribution in [0.5, 0.6) is 0 Å². The summed E-state index contributed by atoms with van der Waals surface area (Å²) in [4.78, 5) is 1.65. The topological polar surface area (TPSA) is 61.9 Å². The molecule has 110 valence electrons. The lowest BCUT2D eigenvalue weighted by Gasteiger charge is -2.36. The molecule has 1 atom stereocenters. The molecule has 0 radical (unpaired) electrons. The van der Waals surface area contributed by atoms with Crippen LogP contribution in [0.4, 0.5) is 18.9 Å². The number of amidine groups is 1. The van der Waals surface area contributed by atoms with Crippen LogP contribution in [-0.4, -0.2) is 30.3 Å². The number of alkyl halides is 3. The lowest BCUT2D eigenvalue weighted by molar-refractivity contribution is -0.175. The summed E-state index contributed by atoms with van der Waals surface area (Å²) in [6.07, 6.45) is -3.58. The van der Waals surface area contributed by atoms with E-state index < -0.39 is 12.1 Å². The number of anilines is 1. The Morgan fingerprint density at radius 1 is 1.35 bits per heavy atom. The van der Waals surface area contributed by atoms with E-state index in [0.29, 0.717) is 24.2 Å². The smallest absolute Gasteiger partial charge is 0.393 e. The maximum Gasteiger partial charge on any atom is 0.393 e. The molecule has 2 rings (SSSR count). The van der Waals surface area contributed by atoms with Gasteiger partial charge in [0.25, 0.3) is 0 Å². The highest BCUT2D eigenvalue weighted by molar-refractivity contribution is 6.02. The fourth-order valence-corrected chi connectivity index (χ4v) is 2.48. The van der Waals surface area contributed by atoms with Gasteiger partial charge in [-0.3, -0.25) is 0 Å². The first-order valence-corrected chi connectivity index (χ1v) is 6.32. The normalized spacial score (nSPS) is 21.1. The average Bonchev–Trinajstić information content (AvgIpc) is 2.45. The van der Waals surface area contributed by atoms with E-state index in [2.05, 4.69) is 5.16 Å². The van der Waals surface area contributed by atoms with Crippen molar-refractivity contribution in [2.45, 2.75) is 19.0 Å². The summed E-state index contributed by atoms with van der Waals surface area (Å²) in [5, 5.41) is 11.7. The molecule has 4 nitrogen and oxygen atoms in total. The Kier molecular flexibility index (Phi) is 4.06. The van der Waals surface area contributed by atoms with Crippen LogP contribution >= 0.6 is 0 Å². The molecule has 1 aromatic rings. The Balaban J connectivity index is 2.28. The zero-order valence-electron chi connectivity index (χ0n) is 10.8. The fourth-order valence-electron chi connectivity index (χ4n) is 2.48. The number of halogens is 3. The number of oxime groups is 1. The number of benzene rings is 1. The van der Waals surface area contributed by atoms with Crippen LogP contribution in [0.1, 0.15) is 18.4 Å².